The molecule has 0 bridgehead atoms. The molecule has 0 atom stereocenters. The van der Waals surface area contributed by atoms with Crippen molar-refractivity contribution in [3.8, 4) is 6.07 Å². The van der Waals surface area contributed by atoms with Gasteiger partial charge in [0, 0.05) is 16.6 Å². The fourth-order valence-electron chi connectivity index (χ4n) is 1.67. The molecule has 0 fully saturated rings. The van der Waals surface area contributed by atoms with Gasteiger partial charge in [-0.15, -0.1) is 0 Å². The number of nitriles is 1. The van der Waals surface area contributed by atoms with Crippen LogP contribution < -0.4 is 0 Å². The molecule has 2 aromatic rings. The minimum Gasteiger partial charge on any atom is -0.258 e. The molecular formula is C15H9BrN2O2. The van der Waals surface area contributed by atoms with Gasteiger partial charge in [0.05, 0.1) is 16.6 Å². The zero-order valence-electron chi connectivity index (χ0n) is 10.3. The Kier molecular flexibility index (Phi) is 4.28. The summed E-state index contributed by atoms with van der Waals surface area (Å²) >= 11 is 3.34. The first-order valence-electron chi connectivity index (χ1n) is 5.72. The molecule has 2 aromatic carbocycles. The van der Waals surface area contributed by atoms with Gasteiger partial charge in [0.1, 0.15) is 0 Å². The predicted molar refractivity (Wildman–Crippen MR) is 80.7 cm³/mol. The van der Waals surface area contributed by atoms with Gasteiger partial charge in [-0.3, -0.25) is 10.1 Å². The Balaban J connectivity index is 2.34. The monoisotopic (exact) mass is 328 g/mol. The molecule has 2 rings (SSSR count). The second kappa shape index (κ2) is 6.13. The molecule has 0 unspecified atom stereocenters. The highest BCUT2D eigenvalue weighted by Gasteiger charge is 2.05. The van der Waals surface area contributed by atoms with Gasteiger partial charge in [-0.25, -0.2) is 0 Å². The van der Waals surface area contributed by atoms with Gasteiger partial charge < -0.3 is 0 Å². The molecule has 0 aliphatic rings. The Bertz CT molecular complexity index is 698. The standard InChI is InChI=1S/C15H9BrN2O2/c16-14-5-3-12(4-6-14)13(10-17)9-11-1-7-15(8-2-11)18(19)20/h1-9H/b13-9+. The fraction of sp³-hybridized carbons (Fsp3) is 0. The minimum absolute atomic E-state index is 0.0318. The first kappa shape index (κ1) is 14.0. The first-order valence-corrected chi connectivity index (χ1v) is 6.51. The number of halogens is 1. The average Bonchev–Trinajstić information content (AvgIpc) is 2.46. The van der Waals surface area contributed by atoms with E-state index in [2.05, 4.69) is 22.0 Å². The summed E-state index contributed by atoms with van der Waals surface area (Å²) < 4.78 is 0.939. The minimum atomic E-state index is -0.451. The Morgan fingerprint density at radius 1 is 1.15 bits per heavy atom. The van der Waals surface area contributed by atoms with E-state index in [1.54, 1.807) is 18.2 Å². The highest BCUT2D eigenvalue weighted by Crippen LogP contribution is 2.21. The SMILES string of the molecule is N#C/C(=C\c1ccc([N+](=O)[O-])cc1)c1ccc(Br)cc1. The maximum Gasteiger partial charge on any atom is 0.269 e. The lowest BCUT2D eigenvalue weighted by Crippen LogP contribution is -1.87. The van der Waals surface area contributed by atoms with Crippen molar-refractivity contribution in [3.05, 3.63) is 74.2 Å². The summed E-state index contributed by atoms with van der Waals surface area (Å²) in [6, 6.07) is 15.6. The zero-order chi connectivity index (χ0) is 14.5. The number of nitrogens with zero attached hydrogens (tertiary/aromatic N) is 2. The molecule has 0 heterocycles. The number of benzene rings is 2. The van der Waals surface area contributed by atoms with Gasteiger partial charge in [0.25, 0.3) is 5.69 Å². The molecule has 0 N–H and O–H groups in total. The lowest BCUT2D eigenvalue weighted by atomic mass is 10.0. The van der Waals surface area contributed by atoms with Crippen LogP contribution in [0.2, 0.25) is 0 Å². The molecule has 0 aliphatic heterocycles. The predicted octanol–water partition coefficient (Wildman–Crippen LogP) is 4.42. The molecule has 4 nitrogen and oxygen atoms in total. The van der Waals surface area contributed by atoms with Crippen molar-refractivity contribution in [1.29, 1.82) is 5.26 Å². The van der Waals surface area contributed by atoms with Gasteiger partial charge in [0.2, 0.25) is 0 Å². The van der Waals surface area contributed by atoms with Gasteiger partial charge in [-0.05, 0) is 41.5 Å². The van der Waals surface area contributed by atoms with Crippen LogP contribution in [0.25, 0.3) is 11.6 Å². The molecule has 0 spiro atoms. The van der Waals surface area contributed by atoms with Crippen molar-refractivity contribution >= 4 is 33.3 Å². The quantitative estimate of drug-likeness (QED) is 0.362. The Morgan fingerprint density at radius 2 is 1.75 bits per heavy atom. The maximum atomic E-state index is 10.6. The number of hydrogen-bond donors (Lipinski definition) is 0. The van der Waals surface area contributed by atoms with Gasteiger partial charge in [0.15, 0.2) is 0 Å². The summed E-state index contributed by atoms with van der Waals surface area (Å²) in [4.78, 5) is 10.1. The number of non-ortho nitro benzene ring substituents is 1. The van der Waals surface area contributed by atoms with Crippen LogP contribution in [0, 0.1) is 21.4 Å². The van der Waals surface area contributed by atoms with Gasteiger partial charge in [-0.1, -0.05) is 28.1 Å². The van der Waals surface area contributed by atoms with Crippen molar-refractivity contribution in [2.75, 3.05) is 0 Å². The number of hydrogen-bond acceptors (Lipinski definition) is 3. The molecule has 20 heavy (non-hydrogen) atoms. The van der Waals surface area contributed by atoms with Gasteiger partial charge in [-0.2, -0.15) is 5.26 Å². The largest absolute Gasteiger partial charge is 0.269 e. The number of allylic oxidation sites excluding steroid dienone is 1. The Morgan fingerprint density at radius 3 is 2.25 bits per heavy atom. The summed E-state index contributed by atoms with van der Waals surface area (Å²) in [6.45, 7) is 0. The second-order valence-corrected chi connectivity index (χ2v) is 4.94. The van der Waals surface area contributed by atoms with Crippen molar-refractivity contribution in [1.82, 2.24) is 0 Å². The molecule has 0 aliphatic carbocycles. The van der Waals surface area contributed by atoms with Crippen molar-refractivity contribution in [2.24, 2.45) is 0 Å². The van der Waals surface area contributed by atoms with Crippen LogP contribution in [-0.2, 0) is 0 Å². The molecule has 98 valence electrons. The average molecular weight is 329 g/mol. The smallest absolute Gasteiger partial charge is 0.258 e. The third kappa shape index (κ3) is 3.31. The number of nitro groups is 1. The zero-order valence-corrected chi connectivity index (χ0v) is 11.9. The van der Waals surface area contributed by atoms with E-state index in [0.717, 1.165) is 15.6 Å². The van der Waals surface area contributed by atoms with E-state index >= 15 is 0 Å². The Labute approximate surface area is 124 Å². The van der Waals surface area contributed by atoms with Crippen LogP contribution in [0.15, 0.2) is 53.0 Å². The maximum absolute atomic E-state index is 10.6. The van der Waals surface area contributed by atoms with Crippen molar-refractivity contribution in [3.63, 3.8) is 0 Å². The van der Waals surface area contributed by atoms with Crippen LogP contribution in [0.3, 0.4) is 0 Å². The van der Waals surface area contributed by atoms with Crippen LogP contribution in [0.5, 0.6) is 0 Å². The van der Waals surface area contributed by atoms with E-state index in [-0.39, 0.29) is 5.69 Å². The summed E-state index contributed by atoms with van der Waals surface area (Å²) in [5, 5.41) is 19.8. The van der Waals surface area contributed by atoms with E-state index in [1.807, 2.05) is 24.3 Å². The second-order valence-electron chi connectivity index (χ2n) is 4.03. The highest BCUT2D eigenvalue weighted by atomic mass is 79.9. The summed E-state index contributed by atoms with van der Waals surface area (Å²) in [6.07, 6.45) is 1.70. The van der Waals surface area contributed by atoms with E-state index in [9.17, 15) is 15.4 Å². The van der Waals surface area contributed by atoms with Crippen molar-refractivity contribution < 1.29 is 4.92 Å². The summed E-state index contributed by atoms with van der Waals surface area (Å²) in [5.41, 5.74) is 2.08. The first-order chi connectivity index (χ1) is 9.60. The Hall–Kier alpha value is -2.45. The van der Waals surface area contributed by atoms with Crippen LogP contribution in [0.4, 0.5) is 5.69 Å². The van der Waals surface area contributed by atoms with E-state index in [4.69, 9.17) is 0 Å². The van der Waals surface area contributed by atoms with Crippen LogP contribution in [-0.4, -0.2) is 4.92 Å². The lowest BCUT2D eigenvalue weighted by Gasteiger charge is -2.00. The molecule has 0 amide bonds. The lowest BCUT2D eigenvalue weighted by molar-refractivity contribution is -0.384. The highest BCUT2D eigenvalue weighted by molar-refractivity contribution is 9.10. The van der Waals surface area contributed by atoms with Crippen molar-refractivity contribution in [2.45, 2.75) is 0 Å². The number of nitro benzene ring substituents is 1. The third-order valence-electron chi connectivity index (χ3n) is 2.69. The molecule has 0 aromatic heterocycles. The van der Waals surface area contributed by atoms with Gasteiger partial charge >= 0.3 is 0 Å². The topological polar surface area (TPSA) is 66.9 Å². The molecule has 0 saturated carbocycles. The fourth-order valence-corrected chi connectivity index (χ4v) is 1.93. The summed E-state index contributed by atoms with van der Waals surface area (Å²) in [5.74, 6) is 0. The molecule has 0 saturated heterocycles. The summed E-state index contributed by atoms with van der Waals surface area (Å²) in [7, 11) is 0. The van der Waals surface area contributed by atoms with Crippen LogP contribution in [0.1, 0.15) is 11.1 Å². The van der Waals surface area contributed by atoms with E-state index in [1.165, 1.54) is 12.1 Å². The molecule has 5 heteroatoms. The van der Waals surface area contributed by atoms with Crippen LogP contribution >= 0.6 is 15.9 Å². The number of rotatable bonds is 3. The molecule has 0 radical (unpaired) electrons. The third-order valence-corrected chi connectivity index (χ3v) is 3.22. The van der Waals surface area contributed by atoms with E-state index < -0.39 is 4.92 Å². The normalized spacial score (nSPS) is 10.9. The van der Waals surface area contributed by atoms with E-state index in [0.29, 0.717) is 5.57 Å². The molecular weight excluding hydrogens is 320 g/mol.